The van der Waals surface area contributed by atoms with Crippen LogP contribution >= 0.6 is 11.6 Å². The van der Waals surface area contributed by atoms with E-state index in [0.717, 1.165) is 16.9 Å². The lowest BCUT2D eigenvalue weighted by atomic mass is 9.78. The molecular formula is C16H24ClN. The highest BCUT2D eigenvalue weighted by molar-refractivity contribution is 6.30. The smallest absolute Gasteiger partial charge is 0.0409 e. The highest BCUT2D eigenvalue weighted by atomic mass is 35.5. The lowest BCUT2D eigenvalue weighted by molar-refractivity contribution is 0.196. The van der Waals surface area contributed by atoms with Crippen molar-refractivity contribution in [3.05, 3.63) is 34.9 Å². The van der Waals surface area contributed by atoms with E-state index in [0.29, 0.717) is 12.1 Å². The molecule has 0 aliphatic heterocycles. The summed E-state index contributed by atoms with van der Waals surface area (Å²) in [6.07, 6.45) is 4.08. The molecule has 0 amide bonds. The number of benzene rings is 1. The maximum atomic E-state index is 6.06. The molecule has 1 N–H and O–H groups in total. The summed E-state index contributed by atoms with van der Waals surface area (Å²) in [5.74, 6) is 1.55. The third-order valence-electron chi connectivity index (χ3n) is 4.34. The van der Waals surface area contributed by atoms with Gasteiger partial charge in [0.15, 0.2) is 0 Å². The van der Waals surface area contributed by atoms with Crippen LogP contribution in [0.25, 0.3) is 0 Å². The summed E-state index contributed by atoms with van der Waals surface area (Å²) in [6, 6.07) is 9.19. The van der Waals surface area contributed by atoms with Crippen LogP contribution in [0.1, 0.15) is 51.6 Å². The molecule has 0 spiro atoms. The SMILES string of the molecule is CC(NC1C(C)CCCC1C)c1cccc(Cl)c1. The summed E-state index contributed by atoms with van der Waals surface area (Å²) in [5.41, 5.74) is 1.28. The molecule has 18 heavy (non-hydrogen) atoms. The first kappa shape index (κ1) is 13.9. The molecule has 3 unspecified atom stereocenters. The quantitative estimate of drug-likeness (QED) is 0.827. The molecule has 0 heterocycles. The van der Waals surface area contributed by atoms with Gasteiger partial charge in [0.05, 0.1) is 0 Å². The van der Waals surface area contributed by atoms with Gasteiger partial charge in [-0.05, 0) is 49.3 Å². The summed E-state index contributed by atoms with van der Waals surface area (Å²) >= 11 is 6.06. The van der Waals surface area contributed by atoms with E-state index in [1.165, 1.54) is 24.8 Å². The molecule has 0 aromatic heterocycles. The first-order valence-corrected chi connectivity index (χ1v) is 7.47. The van der Waals surface area contributed by atoms with Crippen molar-refractivity contribution in [1.29, 1.82) is 0 Å². The Labute approximate surface area is 116 Å². The van der Waals surface area contributed by atoms with Gasteiger partial charge in [-0.1, -0.05) is 44.0 Å². The van der Waals surface area contributed by atoms with Gasteiger partial charge >= 0.3 is 0 Å². The monoisotopic (exact) mass is 265 g/mol. The molecule has 2 heteroatoms. The zero-order valence-electron chi connectivity index (χ0n) is 11.6. The zero-order chi connectivity index (χ0) is 13.1. The van der Waals surface area contributed by atoms with Gasteiger partial charge in [0, 0.05) is 17.1 Å². The van der Waals surface area contributed by atoms with Crippen LogP contribution in [0.15, 0.2) is 24.3 Å². The van der Waals surface area contributed by atoms with Crippen LogP contribution in [0.5, 0.6) is 0 Å². The maximum Gasteiger partial charge on any atom is 0.0409 e. The van der Waals surface area contributed by atoms with Gasteiger partial charge in [0.25, 0.3) is 0 Å². The highest BCUT2D eigenvalue weighted by Crippen LogP contribution is 2.30. The highest BCUT2D eigenvalue weighted by Gasteiger charge is 2.28. The lowest BCUT2D eigenvalue weighted by Gasteiger charge is -2.37. The molecule has 2 rings (SSSR count). The van der Waals surface area contributed by atoms with E-state index in [1.54, 1.807) is 0 Å². The molecule has 0 saturated heterocycles. The van der Waals surface area contributed by atoms with Crippen molar-refractivity contribution in [2.45, 2.75) is 52.1 Å². The Hall–Kier alpha value is -0.530. The van der Waals surface area contributed by atoms with Crippen LogP contribution in [0.3, 0.4) is 0 Å². The van der Waals surface area contributed by atoms with Crippen molar-refractivity contribution >= 4 is 11.6 Å². The fourth-order valence-corrected chi connectivity index (χ4v) is 3.37. The average Bonchev–Trinajstić information content (AvgIpc) is 2.34. The number of rotatable bonds is 3. The Bertz CT molecular complexity index is 380. The molecule has 100 valence electrons. The van der Waals surface area contributed by atoms with E-state index >= 15 is 0 Å². The topological polar surface area (TPSA) is 12.0 Å². The van der Waals surface area contributed by atoms with Gasteiger partial charge in [0.2, 0.25) is 0 Å². The maximum absolute atomic E-state index is 6.06. The summed E-state index contributed by atoms with van der Waals surface area (Å²) < 4.78 is 0. The van der Waals surface area contributed by atoms with Crippen LogP contribution in [0.2, 0.25) is 5.02 Å². The second-order valence-electron chi connectivity index (χ2n) is 5.85. The molecule has 1 fully saturated rings. The standard InChI is InChI=1S/C16H24ClN/c1-11-6-4-7-12(2)16(11)18-13(3)14-8-5-9-15(17)10-14/h5,8-13,16,18H,4,6-7H2,1-3H3. The van der Waals surface area contributed by atoms with Crippen molar-refractivity contribution in [2.75, 3.05) is 0 Å². The third kappa shape index (κ3) is 3.27. The van der Waals surface area contributed by atoms with Crippen LogP contribution in [0.4, 0.5) is 0 Å². The molecule has 0 bridgehead atoms. The summed E-state index contributed by atoms with van der Waals surface area (Å²) in [7, 11) is 0. The zero-order valence-corrected chi connectivity index (χ0v) is 12.4. The van der Waals surface area contributed by atoms with Crippen molar-refractivity contribution in [3.8, 4) is 0 Å². The molecule has 1 aliphatic rings. The van der Waals surface area contributed by atoms with E-state index in [-0.39, 0.29) is 0 Å². The normalized spacial score (nSPS) is 30.1. The Morgan fingerprint density at radius 1 is 1.22 bits per heavy atom. The van der Waals surface area contributed by atoms with Crippen molar-refractivity contribution in [3.63, 3.8) is 0 Å². The molecular weight excluding hydrogens is 242 g/mol. The molecule has 1 nitrogen and oxygen atoms in total. The van der Waals surface area contributed by atoms with Crippen molar-refractivity contribution in [2.24, 2.45) is 11.8 Å². The third-order valence-corrected chi connectivity index (χ3v) is 4.57. The van der Waals surface area contributed by atoms with Crippen molar-refractivity contribution < 1.29 is 0 Å². The van der Waals surface area contributed by atoms with Gasteiger partial charge in [-0.25, -0.2) is 0 Å². The predicted octanol–water partition coefficient (Wildman–Crippen LogP) is 4.82. The number of nitrogens with one attached hydrogen (secondary N) is 1. The van der Waals surface area contributed by atoms with E-state index < -0.39 is 0 Å². The van der Waals surface area contributed by atoms with Crippen LogP contribution in [-0.2, 0) is 0 Å². The molecule has 1 aliphatic carbocycles. The summed E-state index contributed by atoms with van der Waals surface area (Å²) in [6.45, 7) is 6.98. The molecule has 1 saturated carbocycles. The molecule has 0 radical (unpaired) electrons. The van der Waals surface area contributed by atoms with Crippen LogP contribution in [-0.4, -0.2) is 6.04 Å². The average molecular weight is 266 g/mol. The first-order valence-electron chi connectivity index (χ1n) is 7.09. The van der Waals surface area contributed by atoms with E-state index in [2.05, 4.69) is 38.2 Å². The van der Waals surface area contributed by atoms with Gasteiger partial charge in [-0.3, -0.25) is 0 Å². The Balaban J connectivity index is 2.04. The number of hydrogen-bond acceptors (Lipinski definition) is 1. The van der Waals surface area contributed by atoms with Gasteiger partial charge in [-0.15, -0.1) is 0 Å². The Kier molecular flexibility index (Phi) is 4.69. The second kappa shape index (κ2) is 6.08. The first-order chi connectivity index (χ1) is 8.58. The summed E-state index contributed by atoms with van der Waals surface area (Å²) in [5, 5.41) is 4.63. The van der Waals surface area contributed by atoms with Crippen LogP contribution < -0.4 is 5.32 Å². The van der Waals surface area contributed by atoms with Gasteiger partial charge < -0.3 is 5.32 Å². The Morgan fingerprint density at radius 3 is 2.50 bits per heavy atom. The van der Waals surface area contributed by atoms with E-state index in [9.17, 15) is 0 Å². The largest absolute Gasteiger partial charge is 0.307 e. The number of hydrogen-bond donors (Lipinski definition) is 1. The fraction of sp³-hybridized carbons (Fsp3) is 0.625. The minimum absolute atomic E-state index is 0.372. The van der Waals surface area contributed by atoms with Gasteiger partial charge in [-0.2, -0.15) is 0 Å². The van der Waals surface area contributed by atoms with Gasteiger partial charge in [0.1, 0.15) is 0 Å². The molecule has 1 aromatic carbocycles. The van der Waals surface area contributed by atoms with E-state index in [1.807, 2.05) is 12.1 Å². The number of halogens is 1. The molecule has 3 atom stereocenters. The molecule has 1 aromatic rings. The predicted molar refractivity (Wildman–Crippen MR) is 79.0 cm³/mol. The second-order valence-corrected chi connectivity index (χ2v) is 6.29. The lowest BCUT2D eigenvalue weighted by Crippen LogP contribution is -2.43. The minimum atomic E-state index is 0.372. The van der Waals surface area contributed by atoms with Crippen LogP contribution in [0, 0.1) is 11.8 Å². The van der Waals surface area contributed by atoms with Crippen molar-refractivity contribution in [1.82, 2.24) is 5.32 Å². The minimum Gasteiger partial charge on any atom is -0.307 e. The van der Waals surface area contributed by atoms with E-state index in [4.69, 9.17) is 11.6 Å². The fourth-order valence-electron chi connectivity index (χ4n) is 3.17. The Morgan fingerprint density at radius 2 is 1.89 bits per heavy atom. The summed E-state index contributed by atoms with van der Waals surface area (Å²) in [4.78, 5) is 0.